The van der Waals surface area contributed by atoms with Crippen LogP contribution in [0.15, 0.2) is 29.9 Å². The number of benzene rings is 1. The van der Waals surface area contributed by atoms with Crippen LogP contribution in [-0.2, 0) is 6.42 Å². The van der Waals surface area contributed by atoms with Crippen molar-refractivity contribution in [2.45, 2.75) is 25.8 Å². The Hall–Kier alpha value is -1.39. The van der Waals surface area contributed by atoms with Gasteiger partial charge in [-0.15, -0.1) is 11.3 Å². The minimum absolute atomic E-state index is 0.195. The lowest BCUT2D eigenvalue weighted by molar-refractivity contribution is 0.350. The molecule has 1 aromatic carbocycles. The molecule has 0 aliphatic carbocycles. The highest BCUT2D eigenvalue weighted by Crippen LogP contribution is 2.37. The third-order valence-electron chi connectivity index (χ3n) is 3.39. The Morgan fingerprint density at radius 1 is 1.47 bits per heavy atom. The van der Waals surface area contributed by atoms with Crippen molar-refractivity contribution in [2.75, 3.05) is 13.2 Å². The normalized spacial score (nSPS) is 15.0. The third-order valence-corrected chi connectivity index (χ3v) is 4.23. The van der Waals surface area contributed by atoms with E-state index in [-0.39, 0.29) is 6.04 Å². The zero-order valence-corrected chi connectivity index (χ0v) is 11.9. The molecule has 4 heteroatoms. The molecule has 1 unspecified atom stereocenters. The van der Waals surface area contributed by atoms with Gasteiger partial charge in [0, 0.05) is 23.1 Å². The van der Waals surface area contributed by atoms with Crippen LogP contribution in [0.25, 0.3) is 0 Å². The number of nitrogens with zero attached hydrogens (tertiary/aromatic N) is 1. The molecule has 0 saturated carbocycles. The lowest BCUT2D eigenvalue weighted by Crippen LogP contribution is -2.22. The van der Waals surface area contributed by atoms with E-state index in [4.69, 9.17) is 4.74 Å². The van der Waals surface area contributed by atoms with E-state index in [9.17, 15) is 0 Å². The van der Waals surface area contributed by atoms with Gasteiger partial charge in [-0.1, -0.05) is 25.1 Å². The Labute approximate surface area is 117 Å². The SMILES string of the molecule is CCCNC(c1cncs1)c1cccc2c1OCC2. The average Bonchev–Trinajstić information content (AvgIpc) is 3.10. The quantitative estimate of drug-likeness (QED) is 0.909. The Bertz CT molecular complexity index is 539. The highest BCUT2D eigenvalue weighted by molar-refractivity contribution is 7.09. The maximum Gasteiger partial charge on any atom is 0.127 e. The van der Waals surface area contributed by atoms with E-state index in [1.54, 1.807) is 11.3 Å². The van der Waals surface area contributed by atoms with Gasteiger partial charge >= 0.3 is 0 Å². The van der Waals surface area contributed by atoms with Crippen molar-refractivity contribution >= 4 is 11.3 Å². The lowest BCUT2D eigenvalue weighted by atomic mass is 10.0. The van der Waals surface area contributed by atoms with Gasteiger partial charge in [0.1, 0.15) is 5.75 Å². The molecule has 0 amide bonds. The molecule has 1 aliphatic rings. The molecule has 0 saturated heterocycles. The van der Waals surface area contributed by atoms with E-state index >= 15 is 0 Å². The van der Waals surface area contributed by atoms with Crippen molar-refractivity contribution in [1.82, 2.24) is 10.3 Å². The third kappa shape index (κ3) is 2.51. The molecule has 0 radical (unpaired) electrons. The van der Waals surface area contributed by atoms with Crippen molar-refractivity contribution in [2.24, 2.45) is 0 Å². The number of fused-ring (bicyclic) bond motifs is 1. The van der Waals surface area contributed by atoms with Gasteiger partial charge in [0.15, 0.2) is 0 Å². The molecule has 1 N–H and O–H groups in total. The smallest absolute Gasteiger partial charge is 0.127 e. The molecule has 1 aliphatic heterocycles. The number of nitrogens with one attached hydrogen (secondary N) is 1. The fourth-order valence-corrected chi connectivity index (χ4v) is 3.20. The number of ether oxygens (including phenoxy) is 1. The van der Waals surface area contributed by atoms with E-state index in [0.717, 1.165) is 31.7 Å². The number of aromatic nitrogens is 1. The number of para-hydroxylation sites is 1. The summed E-state index contributed by atoms with van der Waals surface area (Å²) in [5, 5.41) is 3.61. The summed E-state index contributed by atoms with van der Waals surface area (Å²) in [7, 11) is 0. The first-order valence-corrected chi connectivity index (χ1v) is 7.64. The number of rotatable bonds is 5. The molecule has 3 rings (SSSR count). The minimum atomic E-state index is 0.195. The molecule has 3 nitrogen and oxygen atoms in total. The van der Waals surface area contributed by atoms with Crippen molar-refractivity contribution < 1.29 is 4.74 Å². The van der Waals surface area contributed by atoms with Crippen LogP contribution in [0.1, 0.15) is 35.4 Å². The van der Waals surface area contributed by atoms with Crippen LogP contribution < -0.4 is 10.1 Å². The summed E-state index contributed by atoms with van der Waals surface area (Å²) in [5.74, 6) is 1.07. The Balaban J connectivity index is 1.98. The molecule has 0 spiro atoms. The van der Waals surface area contributed by atoms with Crippen LogP contribution in [0.2, 0.25) is 0 Å². The molecule has 19 heavy (non-hydrogen) atoms. The highest BCUT2D eigenvalue weighted by Gasteiger charge is 2.23. The fourth-order valence-electron chi connectivity index (χ4n) is 2.49. The van der Waals surface area contributed by atoms with Gasteiger partial charge in [-0.25, -0.2) is 0 Å². The second kappa shape index (κ2) is 5.72. The molecule has 0 bridgehead atoms. The molecule has 1 aromatic heterocycles. The molecular weight excluding hydrogens is 256 g/mol. The summed E-state index contributed by atoms with van der Waals surface area (Å²) < 4.78 is 5.83. The van der Waals surface area contributed by atoms with Crippen molar-refractivity contribution in [3.63, 3.8) is 0 Å². The second-order valence-corrected chi connectivity index (χ2v) is 5.64. The maximum atomic E-state index is 5.83. The van der Waals surface area contributed by atoms with Crippen LogP contribution in [0.5, 0.6) is 5.75 Å². The first-order chi connectivity index (χ1) is 9.40. The Morgan fingerprint density at radius 3 is 3.21 bits per heavy atom. The standard InChI is InChI=1S/C15H18N2OS/c1-2-7-17-14(13-9-16-10-19-13)12-5-3-4-11-6-8-18-15(11)12/h3-5,9-10,14,17H,2,6-8H2,1H3. The Morgan fingerprint density at radius 2 is 2.42 bits per heavy atom. The first kappa shape index (κ1) is 12.6. The van der Waals surface area contributed by atoms with E-state index in [1.165, 1.54) is 16.0 Å². The largest absolute Gasteiger partial charge is 0.493 e. The summed E-state index contributed by atoms with van der Waals surface area (Å²) in [6.45, 7) is 3.98. The predicted molar refractivity (Wildman–Crippen MR) is 77.9 cm³/mol. The lowest BCUT2D eigenvalue weighted by Gasteiger charge is -2.19. The van der Waals surface area contributed by atoms with E-state index in [2.05, 4.69) is 35.4 Å². The second-order valence-electron chi connectivity index (χ2n) is 4.72. The zero-order chi connectivity index (χ0) is 13.1. The van der Waals surface area contributed by atoms with Crippen LogP contribution in [-0.4, -0.2) is 18.1 Å². The van der Waals surface area contributed by atoms with Crippen LogP contribution >= 0.6 is 11.3 Å². The number of thiazole rings is 1. The number of hydrogen-bond acceptors (Lipinski definition) is 4. The first-order valence-electron chi connectivity index (χ1n) is 6.76. The maximum absolute atomic E-state index is 5.83. The molecule has 2 aromatic rings. The molecular formula is C15H18N2OS. The van der Waals surface area contributed by atoms with Gasteiger partial charge in [0.2, 0.25) is 0 Å². The summed E-state index contributed by atoms with van der Waals surface area (Å²) in [5.41, 5.74) is 4.46. The van der Waals surface area contributed by atoms with Crippen molar-refractivity contribution in [3.05, 3.63) is 45.9 Å². The van der Waals surface area contributed by atoms with Gasteiger partial charge in [-0.2, -0.15) is 0 Å². The molecule has 0 fully saturated rings. The highest BCUT2D eigenvalue weighted by atomic mass is 32.1. The molecule has 2 heterocycles. The number of hydrogen-bond donors (Lipinski definition) is 1. The monoisotopic (exact) mass is 274 g/mol. The summed E-state index contributed by atoms with van der Waals surface area (Å²) in [6.07, 6.45) is 4.09. The summed E-state index contributed by atoms with van der Waals surface area (Å²) in [6, 6.07) is 6.65. The summed E-state index contributed by atoms with van der Waals surface area (Å²) >= 11 is 1.69. The van der Waals surface area contributed by atoms with Gasteiger partial charge in [0.05, 0.1) is 18.2 Å². The van der Waals surface area contributed by atoms with Crippen LogP contribution in [0.4, 0.5) is 0 Å². The van der Waals surface area contributed by atoms with E-state index < -0.39 is 0 Å². The van der Waals surface area contributed by atoms with Crippen molar-refractivity contribution in [1.29, 1.82) is 0 Å². The zero-order valence-electron chi connectivity index (χ0n) is 11.1. The average molecular weight is 274 g/mol. The van der Waals surface area contributed by atoms with Gasteiger partial charge in [0.25, 0.3) is 0 Å². The topological polar surface area (TPSA) is 34.2 Å². The fraction of sp³-hybridized carbons (Fsp3) is 0.400. The molecule has 1 atom stereocenters. The predicted octanol–water partition coefficient (Wildman–Crippen LogP) is 3.17. The molecule has 100 valence electrons. The Kier molecular flexibility index (Phi) is 3.80. The van der Waals surface area contributed by atoms with Gasteiger partial charge < -0.3 is 10.1 Å². The van der Waals surface area contributed by atoms with Gasteiger partial charge in [-0.3, -0.25) is 4.98 Å². The minimum Gasteiger partial charge on any atom is -0.493 e. The van der Waals surface area contributed by atoms with Gasteiger partial charge in [-0.05, 0) is 18.5 Å². The summed E-state index contributed by atoms with van der Waals surface area (Å²) in [4.78, 5) is 5.46. The van der Waals surface area contributed by atoms with Crippen LogP contribution in [0, 0.1) is 0 Å². The van der Waals surface area contributed by atoms with Crippen molar-refractivity contribution in [3.8, 4) is 5.75 Å². The van der Waals surface area contributed by atoms with Crippen LogP contribution in [0.3, 0.4) is 0 Å². The van der Waals surface area contributed by atoms with E-state index in [0.29, 0.717) is 0 Å². The van der Waals surface area contributed by atoms with E-state index in [1.807, 2.05) is 11.7 Å².